The Morgan fingerprint density at radius 2 is 1.92 bits per heavy atom. The molecule has 2 rings (SSSR count). The van der Waals surface area contributed by atoms with Gasteiger partial charge in [-0.1, -0.05) is 34.9 Å². The maximum atomic E-state index is 12.4. The van der Waals surface area contributed by atoms with Crippen molar-refractivity contribution in [3.05, 3.63) is 0 Å². The third kappa shape index (κ3) is 5.60. The molecule has 1 aromatic rings. The van der Waals surface area contributed by atoms with Crippen LogP contribution in [0.15, 0.2) is 8.68 Å². The summed E-state index contributed by atoms with van der Waals surface area (Å²) in [6, 6.07) is -0.232. The highest BCUT2D eigenvalue weighted by atomic mass is 32.2. The van der Waals surface area contributed by atoms with Crippen molar-refractivity contribution in [2.24, 2.45) is 5.73 Å². The highest BCUT2D eigenvalue weighted by Gasteiger charge is 2.33. The number of amides is 2. The Morgan fingerprint density at radius 1 is 1.29 bits per heavy atom. The number of hydrogen-bond donors (Lipinski definition) is 1. The van der Waals surface area contributed by atoms with Crippen molar-refractivity contribution in [2.75, 3.05) is 29.6 Å². The third-order valence-corrected chi connectivity index (χ3v) is 8.30. The van der Waals surface area contributed by atoms with E-state index < -0.39 is 15.7 Å². The summed E-state index contributed by atoms with van der Waals surface area (Å²) in [4.78, 5) is 24.7. The first-order chi connectivity index (χ1) is 11.3. The molecule has 0 aliphatic carbocycles. The van der Waals surface area contributed by atoms with Crippen LogP contribution in [0, 0.1) is 0 Å². The van der Waals surface area contributed by atoms with Crippen molar-refractivity contribution in [3.63, 3.8) is 0 Å². The van der Waals surface area contributed by atoms with Crippen molar-refractivity contribution in [1.82, 2.24) is 15.1 Å². The topological polar surface area (TPSA) is 123 Å². The van der Waals surface area contributed by atoms with E-state index >= 15 is 0 Å². The quantitative estimate of drug-likeness (QED) is 0.605. The number of primary amides is 1. The maximum absolute atomic E-state index is 12.4. The molecule has 0 spiro atoms. The first-order valence-electron chi connectivity index (χ1n) is 7.18. The highest BCUT2D eigenvalue weighted by Crippen LogP contribution is 2.29. The number of rotatable bonds is 8. The first-order valence-corrected chi connectivity index (χ1v) is 11.8. The van der Waals surface area contributed by atoms with Crippen LogP contribution in [0.2, 0.25) is 0 Å². The van der Waals surface area contributed by atoms with Crippen LogP contribution in [-0.4, -0.2) is 70.9 Å². The van der Waals surface area contributed by atoms with Gasteiger partial charge in [0.25, 0.3) is 0 Å². The second kappa shape index (κ2) is 8.50. The van der Waals surface area contributed by atoms with E-state index in [0.29, 0.717) is 21.6 Å². The van der Waals surface area contributed by atoms with Gasteiger partial charge in [0, 0.05) is 12.6 Å². The van der Waals surface area contributed by atoms with Gasteiger partial charge in [0.2, 0.25) is 11.8 Å². The number of nitrogens with two attached hydrogens (primary N) is 1. The van der Waals surface area contributed by atoms with E-state index in [9.17, 15) is 18.0 Å². The molecule has 0 bridgehead atoms. The molecule has 1 aliphatic rings. The molecule has 1 saturated heterocycles. The molecular formula is C12H18N4O4S4. The average Bonchev–Trinajstić information content (AvgIpc) is 3.10. The van der Waals surface area contributed by atoms with Gasteiger partial charge in [0.15, 0.2) is 18.5 Å². The van der Waals surface area contributed by atoms with Crippen molar-refractivity contribution in [1.29, 1.82) is 0 Å². The van der Waals surface area contributed by atoms with Crippen LogP contribution < -0.4 is 5.73 Å². The zero-order chi connectivity index (χ0) is 17.7. The molecule has 0 saturated carbocycles. The number of nitrogens with zero attached hydrogens (tertiary/aromatic N) is 3. The summed E-state index contributed by atoms with van der Waals surface area (Å²) in [7, 11) is -3.02. The van der Waals surface area contributed by atoms with Gasteiger partial charge in [-0.2, -0.15) is 0 Å². The van der Waals surface area contributed by atoms with Crippen LogP contribution in [0.4, 0.5) is 0 Å². The molecule has 8 nitrogen and oxygen atoms in total. The lowest BCUT2D eigenvalue weighted by molar-refractivity contribution is -0.130. The molecule has 1 atom stereocenters. The van der Waals surface area contributed by atoms with Gasteiger partial charge in [0.05, 0.1) is 23.0 Å². The van der Waals surface area contributed by atoms with E-state index in [1.165, 1.54) is 34.9 Å². The van der Waals surface area contributed by atoms with Crippen molar-refractivity contribution < 1.29 is 18.0 Å². The number of thioether (sulfide) groups is 2. The lowest BCUT2D eigenvalue weighted by Gasteiger charge is -2.26. The summed E-state index contributed by atoms with van der Waals surface area (Å²) in [5, 5.41) is 7.89. The predicted molar refractivity (Wildman–Crippen MR) is 95.0 cm³/mol. The van der Waals surface area contributed by atoms with Crippen molar-refractivity contribution in [2.45, 2.75) is 28.1 Å². The predicted octanol–water partition coefficient (Wildman–Crippen LogP) is 0.243. The minimum atomic E-state index is -3.02. The fourth-order valence-corrected chi connectivity index (χ4v) is 6.69. The molecule has 2 heterocycles. The van der Waals surface area contributed by atoms with Gasteiger partial charge in [-0.25, -0.2) is 8.42 Å². The molecule has 0 aromatic carbocycles. The second-order valence-electron chi connectivity index (χ2n) is 5.11. The molecule has 1 aliphatic heterocycles. The summed E-state index contributed by atoms with van der Waals surface area (Å²) in [6.45, 7) is 2.33. The maximum Gasteiger partial charge on any atom is 0.233 e. The number of sulfone groups is 1. The van der Waals surface area contributed by atoms with E-state index in [1.54, 1.807) is 4.90 Å². The average molecular weight is 411 g/mol. The summed E-state index contributed by atoms with van der Waals surface area (Å²) in [5.74, 6) is -0.0248. The standard InChI is InChI=1S/C12H18N4O4S4/c1-2-16(8-3-4-24(19,20)7-8)10(18)6-22-12-15-14-11(23-12)21-5-9(13)17/h8H,2-7H2,1H3,(H2,13,17). The monoisotopic (exact) mass is 410 g/mol. The van der Waals surface area contributed by atoms with Gasteiger partial charge in [-0.15, -0.1) is 10.2 Å². The first kappa shape index (κ1) is 19.5. The molecular weight excluding hydrogens is 392 g/mol. The van der Waals surface area contributed by atoms with Crippen LogP contribution in [0.3, 0.4) is 0 Å². The molecule has 0 radical (unpaired) electrons. The Hall–Kier alpha value is -0.850. The van der Waals surface area contributed by atoms with Crippen molar-refractivity contribution >= 4 is 56.5 Å². The third-order valence-electron chi connectivity index (χ3n) is 3.36. The van der Waals surface area contributed by atoms with Gasteiger partial charge in [-0.05, 0) is 13.3 Å². The minimum absolute atomic E-state index is 0.0456. The Balaban J connectivity index is 1.86. The van der Waals surface area contributed by atoms with E-state index in [-0.39, 0.29) is 35.0 Å². The number of aromatic nitrogens is 2. The van der Waals surface area contributed by atoms with E-state index in [1.807, 2.05) is 6.92 Å². The summed E-state index contributed by atoms with van der Waals surface area (Å²) in [5.41, 5.74) is 5.07. The van der Waals surface area contributed by atoms with E-state index in [2.05, 4.69) is 10.2 Å². The summed E-state index contributed by atoms with van der Waals surface area (Å²) < 4.78 is 24.4. The second-order valence-corrected chi connectivity index (χ2v) is 10.8. The highest BCUT2D eigenvalue weighted by molar-refractivity contribution is 8.03. The van der Waals surface area contributed by atoms with Crippen LogP contribution in [0.5, 0.6) is 0 Å². The minimum Gasteiger partial charge on any atom is -0.369 e. The van der Waals surface area contributed by atoms with Gasteiger partial charge in [-0.3, -0.25) is 9.59 Å². The summed E-state index contributed by atoms with van der Waals surface area (Å²) >= 11 is 3.77. The number of carbonyl (C=O) groups is 2. The molecule has 12 heteroatoms. The lowest BCUT2D eigenvalue weighted by Crippen LogP contribution is -2.41. The molecule has 134 valence electrons. The van der Waals surface area contributed by atoms with Crippen LogP contribution in [-0.2, 0) is 19.4 Å². The van der Waals surface area contributed by atoms with Crippen molar-refractivity contribution in [3.8, 4) is 0 Å². The lowest BCUT2D eigenvalue weighted by atomic mass is 10.2. The SMILES string of the molecule is CCN(C(=O)CSc1nnc(SCC(N)=O)s1)C1CCS(=O)(=O)C1. The molecule has 1 fully saturated rings. The van der Waals surface area contributed by atoms with E-state index in [0.717, 1.165) is 0 Å². The Labute approximate surface area is 152 Å². The Morgan fingerprint density at radius 3 is 2.42 bits per heavy atom. The number of carbonyl (C=O) groups excluding carboxylic acids is 2. The molecule has 1 aromatic heterocycles. The van der Waals surface area contributed by atoms with Crippen LogP contribution >= 0.6 is 34.9 Å². The van der Waals surface area contributed by atoms with Gasteiger partial charge < -0.3 is 10.6 Å². The largest absolute Gasteiger partial charge is 0.369 e. The van der Waals surface area contributed by atoms with Crippen LogP contribution in [0.1, 0.15) is 13.3 Å². The molecule has 24 heavy (non-hydrogen) atoms. The smallest absolute Gasteiger partial charge is 0.233 e. The fraction of sp³-hybridized carbons (Fsp3) is 0.667. The Bertz CT molecular complexity index is 706. The van der Waals surface area contributed by atoms with E-state index in [4.69, 9.17) is 5.73 Å². The van der Waals surface area contributed by atoms with Gasteiger partial charge >= 0.3 is 0 Å². The zero-order valence-electron chi connectivity index (χ0n) is 13.0. The fourth-order valence-electron chi connectivity index (χ4n) is 2.31. The normalized spacial score (nSPS) is 19.3. The molecule has 1 unspecified atom stereocenters. The molecule has 2 N–H and O–H groups in total. The van der Waals surface area contributed by atoms with Crippen LogP contribution in [0.25, 0.3) is 0 Å². The summed E-state index contributed by atoms with van der Waals surface area (Å²) in [6.07, 6.45) is 0.499. The zero-order valence-corrected chi connectivity index (χ0v) is 16.3. The van der Waals surface area contributed by atoms with Gasteiger partial charge in [0.1, 0.15) is 0 Å². The number of hydrogen-bond acceptors (Lipinski definition) is 9. The Kier molecular flexibility index (Phi) is 6.89. The molecule has 2 amide bonds.